The first-order chi connectivity index (χ1) is 8.33. The van der Waals surface area contributed by atoms with Crippen molar-refractivity contribution in [3.05, 3.63) is 34.3 Å². The molecule has 0 aliphatic carbocycles. The molecule has 0 saturated heterocycles. The van der Waals surface area contributed by atoms with Gasteiger partial charge in [-0.15, -0.1) is 0 Å². The average Bonchev–Trinajstić information content (AvgIpc) is 2.24. The first kappa shape index (κ1) is 15.3. The summed E-state index contributed by atoms with van der Waals surface area (Å²) in [5, 5.41) is 3.69. The predicted octanol–water partition coefficient (Wildman–Crippen LogP) is 4.64. The van der Waals surface area contributed by atoms with Crippen molar-refractivity contribution in [3.63, 3.8) is 0 Å². The minimum atomic E-state index is -4.12. The predicted molar refractivity (Wildman–Crippen MR) is 67.9 cm³/mol. The molecule has 5 heteroatoms. The Hall–Kier alpha value is -0.740. The number of halogens is 4. The van der Waals surface area contributed by atoms with E-state index < -0.39 is 12.6 Å². The smallest absolute Gasteiger partial charge is 0.310 e. The maximum atomic E-state index is 12.3. The summed E-state index contributed by atoms with van der Waals surface area (Å²) < 4.78 is 36.9. The molecule has 1 atom stereocenters. The zero-order valence-electron chi connectivity index (χ0n) is 10.4. The van der Waals surface area contributed by atoms with E-state index in [1.807, 2.05) is 13.8 Å². The Kier molecular flexibility index (Phi) is 5.47. The van der Waals surface area contributed by atoms with E-state index in [0.29, 0.717) is 11.6 Å². The average molecular weight is 280 g/mol. The fourth-order valence-corrected chi connectivity index (χ4v) is 2.18. The number of alkyl halides is 3. The van der Waals surface area contributed by atoms with E-state index in [1.165, 1.54) is 0 Å². The van der Waals surface area contributed by atoms with Crippen LogP contribution in [0.2, 0.25) is 5.02 Å². The van der Waals surface area contributed by atoms with Crippen molar-refractivity contribution in [1.29, 1.82) is 0 Å². The molecule has 0 saturated carbocycles. The molecular formula is C13H17ClF3N. The lowest BCUT2D eigenvalue weighted by molar-refractivity contribution is -0.136. The minimum absolute atomic E-state index is 0.0415. The van der Waals surface area contributed by atoms with Crippen LogP contribution < -0.4 is 5.32 Å². The molecule has 1 N–H and O–H groups in total. The quantitative estimate of drug-likeness (QED) is 0.828. The topological polar surface area (TPSA) is 12.0 Å². The van der Waals surface area contributed by atoms with Crippen LogP contribution in [0, 0.1) is 6.92 Å². The fraction of sp³-hybridized carbons (Fsp3) is 0.538. The standard InChI is InChI=1S/C13H17ClF3N/c1-3-18-12(6-7-13(15,16)17)11-5-4-10(14)8-9(11)2/h4-5,8,12,18H,3,6-7H2,1-2H3. The van der Waals surface area contributed by atoms with Gasteiger partial charge in [0.15, 0.2) is 0 Å². The Labute approximate surface area is 110 Å². The molecule has 0 fully saturated rings. The molecule has 0 aliphatic rings. The van der Waals surface area contributed by atoms with E-state index in [9.17, 15) is 13.2 Å². The highest BCUT2D eigenvalue weighted by atomic mass is 35.5. The molecule has 0 heterocycles. The van der Waals surface area contributed by atoms with Gasteiger partial charge in [-0.2, -0.15) is 13.2 Å². The molecule has 1 aromatic rings. The van der Waals surface area contributed by atoms with Crippen LogP contribution in [0.15, 0.2) is 18.2 Å². The van der Waals surface area contributed by atoms with Gasteiger partial charge in [-0.1, -0.05) is 24.6 Å². The second kappa shape index (κ2) is 6.43. The zero-order valence-corrected chi connectivity index (χ0v) is 11.2. The molecular weight excluding hydrogens is 263 g/mol. The highest BCUT2D eigenvalue weighted by Gasteiger charge is 2.28. The van der Waals surface area contributed by atoms with Crippen molar-refractivity contribution >= 4 is 11.6 Å². The molecule has 0 spiro atoms. The van der Waals surface area contributed by atoms with E-state index >= 15 is 0 Å². The number of benzene rings is 1. The van der Waals surface area contributed by atoms with Gasteiger partial charge in [-0.25, -0.2) is 0 Å². The van der Waals surface area contributed by atoms with Crippen molar-refractivity contribution in [2.24, 2.45) is 0 Å². The Balaban J connectivity index is 2.83. The molecule has 1 unspecified atom stereocenters. The van der Waals surface area contributed by atoms with E-state index in [4.69, 9.17) is 11.6 Å². The van der Waals surface area contributed by atoms with Gasteiger partial charge in [0.2, 0.25) is 0 Å². The summed E-state index contributed by atoms with van der Waals surface area (Å²) in [4.78, 5) is 0. The molecule has 1 rings (SSSR count). The van der Waals surface area contributed by atoms with E-state index in [0.717, 1.165) is 11.1 Å². The summed E-state index contributed by atoms with van der Waals surface area (Å²) in [5.41, 5.74) is 1.79. The van der Waals surface area contributed by atoms with Crippen LogP contribution in [0.4, 0.5) is 13.2 Å². The maximum Gasteiger partial charge on any atom is 0.389 e. The molecule has 102 valence electrons. The van der Waals surface area contributed by atoms with E-state index in [-0.39, 0.29) is 12.5 Å². The third-order valence-electron chi connectivity index (χ3n) is 2.77. The SMILES string of the molecule is CCNC(CCC(F)(F)F)c1ccc(Cl)cc1C. The van der Waals surface area contributed by atoms with Crippen LogP contribution in [0.1, 0.15) is 36.9 Å². The van der Waals surface area contributed by atoms with Gasteiger partial charge in [-0.3, -0.25) is 0 Å². The number of hydrogen-bond donors (Lipinski definition) is 1. The van der Waals surface area contributed by atoms with Crippen LogP contribution >= 0.6 is 11.6 Å². The lowest BCUT2D eigenvalue weighted by Gasteiger charge is -2.21. The zero-order chi connectivity index (χ0) is 13.8. The Morgan fingerprint density at radius 1 is 1.33 bits per heavy atom. The summed E-state index contributed by atoms with van der Waals surface area (Å²) in [7, 11) is 0. The first-order valence-corrected chi connectivity index (χ1v) is 6.27. The minimum Gasteiger partial charge on any atom is -0.310 e. The largest absolute Gasteiger partial charge is 0.389 e. The number of hydrogen-bond acceptors (Lipinski definition) is 1. The van der Waals surface area contributed by atoms with Crippen molar-refractivity contribution in [1.82, 2.24) is 5.32 Å². The van der Waals surface area contributed by atoms with E-state index in [2.05, 4.69) is 5.32 Å². The first-order valence-electron chi connectivity index (χ1n) is 5.89. The van der Waals surface area contributed by atoms with E-state index in [1.54, 1.807) is 18.2 Å². The van der Waals surface area contributed by atoms with Gasteiger partial charge in [-0.05, 0) is 43.1 Å². The van der Waals surface area contributed by atoms with Gasteiger partial charge in [0, 0.05) is 17.5 Å². The van der Waals surface area contributed by atoms with Crippen LogP contribution in [0.5, 0.6) is 0 Å². The second-order valence-electron chi connectivity index (χ2n) is 4.27. The molecule has 0 radical (unpaired) electrons. The van der Waals surface area contributed by atoms with Gasteiger partial charge in [0.05, 0.1) is 0 Å². The maximum absolute atomic E-state index is 12.3. The number of rotatable bonds is 5. The van der Waals surface area contributed by atoms with Crippen molar-refractivity contribution in [2.45, 2.75) is 38.9 Å². The normalized spacial score (nSPS) is 13.7. The van der Waals surface area contributed by atoms with Crippen molar-refractivity contribution < 1.29 is 13.2 Å². The number of aryl methyl sites for hydroxylation is 1. The summed E-state index contributed by atoms with van der Waals surface area (Å²) in [5.74, 6) is 0. The van der Waals surface area contributed by atoms with Crippen LogP contribution in [0.3, 0.4) is 0 Å². The Bertz CT molecular complexity index is 390. The molecule has 1 aromatic carbocycles. The lowest BCUT2D eigenvalue weighted by atomic mass is 9.97. The van der Waals surface area contributed by atoms with Gasteiger partial charge in [0.1, 0.15) is 0 Å². The van der Waals surface area contributed by atoms with Gasteiger partial charge in [0.25, 0.3) is 0 Å². The molecule has 0 bridgehead atoms. The molecule has 1 nitrogen and oxygen atoms in total. The van der Waals surface area contributed by atoms with Gasteiger partial charge >= 0.3 is 6.18 Å². The van der Waals surface area contributed by atoms with Crippen molar-refractivity contribution in [2.75, 3.05) is 6.54 Å². The highest BCUT2D eigenvalue weighted by molar-refractivity contribution is 6.30. The Morgan fingerprint density at radius 2 is 2.00 bits per heavy atom. The van der Waals surface area contributed by atoms with Crippen LogP contribution in [0.25, 0.3) is 0 Å². The van der Waals surface area contributed by atoms with Gasteiger partial charge < -0.3 is 5.32 Å². The highest BCUT2D eigenvalue weighted by Crippen LogP contribution is 2.29. The molecule has 0 amide bonds. The summed E-state index contributed by atoms with van der Waals surface area (Å²) in [6.07, 6.45) is -4.86. The third kappa shape index (κ3) is 4.86. The van der Waals surface area contributed by atoms with Crippen LogP contribution in [-0.2, 0) is 0 Å². The number of nitrogens with one attached hydrogen (secondary N) is 1. The monoisotopic (exact) mass is 279 g/mol. The van der Waals surface area contributed by atoms with Crippen LogP contribution in [-0.4, -0.2) is 12.7 Å². The summed E-state index contributed by atoms with van der Waals surface area (Å²) in [6.45, 7) is 4.37. The third-order valence-corrected chi connectivity index (χ3v) is 3.01. The molecule has 0 aliphatic heterocycles. The lowest BCUT2D eigenvalue weighted by Crippen LogP contribution is -2.23. The summed E-state index contributed by atoms with van der Waals surface area (Å²) in [6, 6.07) is 4.99. The summed E-state index contributed by atoms with van der Waals surface area (Å²) >= 11 is 5.85. The Morgan fingerprint density at radius 3 is 2.50 bits per heavy atom. The fourth-order valence-electron chi connectivity index (χ4n) is 1.95. The van der Waals surface area contributed by atoms with Crippen molar-refractivity contribution in [3.8, 4) is 0 Å². The molecule has 0 aromatic heterocycles. The molecule has 18 heavy (non-hydrogen) atoms. The second-order valence-corrected chi connectivity index (χ2v) is 4.70.